The van der Waals surface area contributed by atoms with Gasteiger partial charge in [-0.2, -0.15) is 9.61 Å². The number of aromatic nitrogens is 4. The normalized spacial score (nSPS) is 18.9. The van der Waals surface area contributed by atoms with Gasteiger partial charge in [-0.05, 0) is 38.7 Å². The van der Waals surface area contributed by atoms with E-state index in [1.165, 1.54) is 0 Å². The summed E-state index contributed by atoms with van der Waals surface area (Å²) in [6.45, 7) is 2.89. The van der Waals surface area contributed by atoms with Gasteiger partial charge < -0.3 is 20.3 Å². The Morgan fingerprint density at radius 1 is 1.23 bits per heavy atom. The van der Waals surface area contributed by atoms with Gasteiger partial charge in [0.15, 0.2) is 5.65 Å². The maximum absolute atomic E-state index is 11.3. The molecule has 0 bridgehead atoms. The molecule has 0 atom stereocenters. The molecule has 0 aliphatic heterocycles. The molecule has 0 saturated heterocycles. The number of methoxy groups -OCH3 is 1. The summed E-state index contributed by atoms with van der Waals surface area (Å²) in [5.41, 5.74) is 10.6. The third-order valence-corrected chi connectivity index (χ3v) is 6.01. The van der Waals surface area contributed by atoms with E-state index in [0.29, 0.717) is 43.4 Å². The topological polar surface area (TPSA) is 125 Å². The van der Waals surface area contributed by atoms with Crippen molar-refractivity contribution in [1.82, 2.24) is 19.6 Å². The zero-order valence-electron chi connectivity index (χ0n) is 17.7. The van der Waals surface area contributed by atoms with E-state index in [-0.39, 0.29) is 11.8 Å². The van der Waals surface area contributed by atoms with Crippen molar-refractivity contribution in [3.05, 3.63) is 35.8 Å². The van der Waals surface area contributed by atoms with E-state index in [0.717, 1.165) is 35.2 Å². The number of hydrogen-bond acceptors (Lipinski definition) is 7. The summed E-state index contributed by atoms with van der Waals surface area (Å²) in [5, 5.41) is 13.7. The quantitative estimate of drug-likeness (QED) is 0.553. The minimum Gasteiger partial charge on any atom is -0.481 e. The third-order valence-electron chi connectivity index (χ3n) is 6.01. The van der Waals surface area contributed by atoms with Crippen LogP contribution in [0, 0.1) is 12.8 Å². The highest BCUT2D eigenvalue weighted by atomic mass is 16.5. The fraction of sp³-hybridized carbons (Fsp3) is 0.455. The molecule has 31 heavy (non-hydrogen) atoms. The summed E-state index contributed by atoms with van der Waals surface area (Å²) in [6, 6.07) is 3.72. The molecule has 3 N–H and O–H groups in total. The predicted molar refractivity (Wildman–Crippen MR) is 115 cm³/mol. The fourth-order valence-electron chi connectivity index (χ4n) is 4.18. The molecular weight excluding hydrogens is 398 g/mol. The molecule has 1 aliphatic carbocycles. The van der Waals surface area contributed by atoms with Crippen LogP contribution in [-0.4, -0.2) is 51.0 Å². The highest BCUT2D eigenvalue weighted by Crippen LogP contribution is 2.38. The lowest BCUT2D eigenvalue weighted by molar-refractivity contribution is -0.142. The predicted octanol–water partition coefficient (Wildman–Crippen LogP) is 3.07. The molecule has 1 aliphatic rings. The second-order valence-electron chi connectivity index (χ2n) is 7.91. The zero-order valence-corrected chi connectivity index (χ0v) is 17.7. The van der Waals surface area contributed by atoms with Crippen LogP contribution < -0.4 is 10.5 Å². The smallest absolute Gasteiger partial charge is 0.306 e. The van der Waals surface area contributed by atoms with Crippen molar-refractivity contribution in [2.75, 3.05) is 26.1 Å². The Balaban J connectivity index is 1.64. The molecule has 0 aromatic carbocycles. The second kappa shape index (κ2) is 8.89. The van der Waals surface area contributed by atoms with Crippen LogP contribution in [0.4, 0.5) is 5.82 Å². The van der Waals surface area contributed by atoms with E-state index in [4.69, 9.17) is 20.2 Å². The lowest BCUT2D eigenvalue weighted by Crippen LogP contribution is -2.22. The molecule has 0 amide bonds. The standard InChI is InChI=1S/C22H27N5O4/c1-13-19(14-3-5-15(6-4-14)22(28)29)26-21-17(12-25-27(21)20(13)23)16-7-8-18(24-11-16)31-10-9-30-2/h7-8,11-12,14-15H,3-6,9-10,23H2,1-2H3,(H,28,29). The van der Waals surface area contributed by atoms with E-state index < -0.39 is 5.97 Å². The molecule has 0 spiro atoms. The van der Waals surface area contributed by atoms with Gasteiger partial charge in [0.05, 0.1) is 24.4 Å². The molecular formula is C22H27N5O4. The molecule has 0 unspecified atom stereocenters. The zero-order chi connectivity index (χ0) is 22.0. The molecule has 4 rings (SSSR count). The number of nitrogens with zero attached hydrogens (tertiary/aromatic N) is 4. The number of nitrogens with two attached hydrogens (primary N) is 1. The number of nitrogen functional groups attached to an aromatic ring is 1. The van der Waals surface area contributed by atoms with Crippen molar-refractivity contribution in [3.63, 3.8) is 0 Å². The van der Waals surface area contributed by atoms with Gasteiger partial charge in [-0.1, -0.05) is 0 Å². The monoisotopic (exact) mass is 425 g/mol. The highest BCUT2D eigenvalue weighted by molar-refractivity contribution is 5.78. The lowest BCUT2D eigenvalue weighted by atomic mass is 9.79. The van der Waals surface area contributed by atoms with Crippen molar-refractivity contribution in [1.29, 1.82) is 0 Å². The van der Waals surface area contributed by atoms with Gasteiger partial charge in [0.1, 0.15) is 12.4 Å². The van der Waals surface area contributed by atoms with E-state index in [1.807, 2.05) is 13.0 Å². The molecule has 1 fully saturated rings. The number of carboxylic acid groups (broad SMARTS) is 1. The first-order valence-electron chi connectivity index (χ1n) is 10.4. The van der Waals surface area contributed by atoms with Crippen LogP contribution >= 0.6 is 0 Å². The lowest BCUT2D eigenvalue weighted by Gasteiger charge is -2.27. The van der Waals surface area contributed by atoms with Crippen molar-refractivity contribution in [2.24, 2.45) is 5.92 Å². The Labute approximate surface area is 180 Å². The van der Waals surface area contributed by atoms with Crippen LogP contribution in [0.3, 0.4) is 0 Å². The van der Waals surface area contributed by atoms with Gasteiger partial charge >= 0.3 is 5.97 Å². The van der Waals surface area contributed by atoms with Gasteiger partial charge in [0.2, 0.25) is 5.88 Å². The van der Waals surface area contributed by atoms with Crippen LogP contribution in [0.2, 0.25) is 0 Å². The van der Waals surface area contributed by atoms with Crippen LogP contribution in [0.25, 0.3) is 16.8 Å². The van der Waals surface area contributed by atoms with E-state index in [2.05, 4.69) is 10.1 Å². The third kappa shape index (κ3) is 4.18. The molecule has 1 saturated carbocycles. The maximum Gasteiger partial charge on any atom is 0.306 e. The maximum atomic E-state index is 11.3. The Bertz CT molecular complexity index is 1070. The van der Waals surface area contributed by atoms with Gasteiger partial charge in [-0.25, -0.2) is 9.97 Å². The molecule has 3 aromatic rings. The Morgan fingerprint density at radius 2 is 2.00 bits per heavy atom. The Morgan fingerprint density at radius 3 is 2.65 bits per heavy atom. The number of aliphatic carboxylic acids is 1. The van der Waals surface area contributed by atoms with Gasteiger partial charge in [-0.15, -0.1) is 0 Å². The van der Waals surface area contributed by atoms with E-state index in [9.17, 15) is 9.90 Å². The van der Waals surface area contributed by atoms with E-state index >= 15 is 0 Å². The van der Waals surface area contributed by atoms with Gasteiger partial charge in [0, 0.05) is 42.0 Å². The first-order valence-corrected chi connectivity index (χ1v) is 10.4. The number of ether oxygens (including phenoxy) is 2. The van der Waals surface area contributed by atoms with Gasteiger partial charge in [-0.3, -0.25) is 4.79 Å². The molecule has 3 aromatic heterocycles. The molecule has 3 heterocycles. The van der Waals surface area contributed by atoms with Crippen molar-refractivity contribution >= 4 is 17.4 Å². The minimum atomic E-state index is -0.710. The molecule has 9 nitrogen and oxygen atoms in total. The minimum absolute atomic E-state index is 0.195. The Kier molecular flexibility index (Phi) is 6.03. The fourth-order valence-corrected chi connectivity index (χ4v) is 4.18. The van der Waals surface area contributed by atoms with Crippen molar-refractivity contribution in [2.45, 2.75) is 38.5 Å². The van der Waals surface area contributed by atoms with E-state index in [1.54, 1.807) is 30.1 Å². The van der Waals surface area contributed by atoms with Gasteiger partial charge in [0.25, 0.3) is 0 Å². The molecule has 0 radical (unpaired) electrons. The molecule has 164 valence electrons. The molecule has 9 heteroatoms. The number of carboxylic acids is 1. The average molecular weight is 425 g/mol. The van der Waals surface area contributed by atoms with Crippen molar-refractivity contribution in [3.8, 4) is 17.0 Å². The van der Waals surface area contributed by atoms with Crippen LogP contribution in [0.15, 0.2) is 24.5 Å². The largest absolute Gasteiger partial charge is 0.481 e. The Hall–Kier alpha value is -3.20. The number of hydrogen-bond donors (Lipinski definition) is 2. The summed E-state index contributed by atoms with van der Waals surface area (Å²) in [6.07, 6.45) is 6.37. The number of pyridine rings is 1. The average Bonchev–Trinajstić information content (AvgIpc) is 3.21. The summed E-state index contributed by atoms with van der Waals surface area (Å²) < 4.78 is 12.2. The number of anilines is 1. The summed E-state index contributed by atoms with van der Waals surface area (Å²) in [4.78, 5) is 20.6. The first kappa shape index (κ1) is 21.0. The first-order chi connectivity index (χ1) is 15.0. The summed E-state index contributed by atoms with van der Waals surface area (Å²) in [5.74, 6) is 0.299. The summed E-state index contributed by atoms with van der Waals surface area (Å²) >= 11 is 0. The number of carbonyl (C=O) groups is 1. The van der Waals surface area contributed by atoms with Crippen LogP contribution in [0.1, 0.15) is 42.9 Å². The van der Waals surface area contributed by atoms with Crippen molar-refractivity contribution < 1.29 is 19.4 Å². The number of rotatable bonds is 7. The number of fused-ring (bicyclic) bond motifs is 1. The van der Waals surface area contributed by atoms with Crippen LogP contribution in [-0.2, 0) is 9.53 Å². The highest BCUT2D eigenvalue weighted by Gasteiger charge is 2.29. The second-order valence-corrected chi connectivity index (χ2v) is 7.91. The van der Waals surface area contributed by atoms with Crippen LogP contribution in [0.5, 0.6) is 5.88 Å². The SMILES string of the molecule is COCCOc1ccc(-c2cnn3c(N)c(C)c(C4CCC(C(=O)O)CC4)nc23)cn1. The summed E-state index contributed by atoms with van der Waals surface area (Å²) in [7, 11) is 1.62.